The van der Waals surface area contributed by atoms with E-state index in [9.17, 15) is 4.39 Å². The van der Waals surface area contributed by atoms with Crippen molar-refractivity contribution in [1.29, 1.82) is 0 Å². The van der Waals surface area contributed by atoms with Crippen molar-refractivity contribution in [2.45, 2.75) is 32.4 Å². The molecule has 1 fully saturated rings. The largest absolute Gasteiger partial charge is 0.464 e. The molecule has 0 amide bonds. The van der Waals surface area contributed by atoms with Crippen LogP contribution in [0.3, 0.4) is 0 Å². The molecule has 3 aromatic rings. The molecule has 1 aliphatic carbocycles. The highest BCUT2D eigenvalue weighted by Gasteiger charge is 2.36. The Morgan fingerprint density at radius 3 is 2.84 bits per heavy atom. The molecule has 2 heterocycles. The Labute approximate surface area is 146 Å². The minimum absolute atomic E-state index is 0.298. The van der Waals surface area contributed by atoms with Crippen LogP contribution in [0.5, 0.6) is 0 Å². The molecule has 0 saturated heterocycles. The fourth-order valence-corrected chi connectivity index (χ4v) is 3.13. The van der Waals surface area contributed by atoms with Gasteiger partial charge in [0.2, 0.25) is 5.89 Å². The van der Waals surface area contributed by atoms with Crippen molar-refractivity contribution in [2.75, 3.05) is 7.05 Å². The van der Waals surface area contributed by atoms with Crippen molar-refractivity contribution < 1.29 is 13.2 Å². The summed E-state index contributed by atoms with van der Waals surface area (Å²) < 4.78 is 24.7. The molecule has 2 atom stereocenters. The number of furan rings is 1. The molecule has 1 aliphatic rings. The summed E-state index contributed by atoms with van der Waals surface area (Å²) in [5.41, 5.74) is 1.45. The summed E-state index contributed by atoms with van der Waals surface area (Å²) in [5.74, 6) is 3.55. The average molecular weight is 340 g/mol. The zero-order chi connectivity index (χ0) is 17.4. The topological polar surface area (TPSA) is 42.4 Å². The number of hydrogen-bond acceptors (Lipinski definition) is 4. The number of oxazole rings is 1. The molecule has 2 unspecified atom stereocenters. The monoisotopic (exact) mass is 340 g/mol. The molecule has 4 nitrogen and oxygen atoms in total. The molecule has 2 aromatic heterocycles. The van der Waals surface area contributed by atoms with Gasteiger partial charge in [-0.3, -0.25) is 4.90 Å². The molecule has 130 valence electrons. The third-order valence-electron chi connectivity index (χ3n) is 4.64. The lowest BCUT2D eigenvalue weighted by Gasteiger charge is -2.12. The molecule has 0 spiro atoms. The first-order chi connectivity index (χ1) is 12.1. The molecule has 1 saturated carbocycles. The molecule has 0 radical (unpaired) electrons. The number of benzene rings is 1. The second kappa shape index (κ2) is 6.48. The normalized spacial score (nSPS) is 19.5. The lowest BCUT2D eigenvalue weighted by molar-refractivity contribution is 0.280. The number of hydrogen-bond donors (Lipinski definition) is 0. The van der Waals surface area contributed by atoms with Crippen LogP contribution >= 0.6 is 0 Å². The zero-order valence-corrected chi connectivity index (χ0v) is 14.4. The molecule has 25 heavy (non-hydrogen) atoms. The van der Waals surface area contributed by atoms with Gasteiger partial charge < -0.3 is 8.83 Å². The van der Waals surface area contributed by atoms with Gasteiger partial charge >= 0.3 is 0 Å². The van der Waals surface area contributed by atoms with E-state index in [-0.39, 0.29) is 5.82 Å². The van der Waals surface area contributed by atoms with E-state index in [4.69, 9.17) is 8.83 Å². The highest BCUT2D eigenvalue weighted by atomic mass is 19.1. The van der Waals surface area contributed by atoms with Crippen molar-refractivity contribution in [3.63, 3.8) is 0 Å². The molecule has 1 aromatic carbocycles. The zero-order valence-electron chi connectivity index (χ0n) is 14.4. The smallest absolute Gasteiger partial charge is 0.226 e. The van der Waals surface area contributed by atoms with Crippen LogP contribution in [-0.4, -0.2) is 16.9 Å². The molecule has 0 N–H and O–H groups in total. The van der Waals surface area contributed by atoms with E-state index in [1.54, 1.807) is 18.4 Å². The van der Waals surface area contributed by atoms with Gasteiger partial charge in [-0.15, -0.1) is 0 Å². The van der Waals surface area contributed by atoms with Gasteiger partial charge in [-0.1, -0.05) is 13.0 Å². The Hall–Kier alpha value is -2.40. The third-order valence-corrected chi connectivity index (χ3v) is 4.64. The second-order valence-corrected chi connectivity index (χ2v) is 6.95. The standard InChI is InChI=1S/C20H21FN2O2/c1-13-8-18(13)19-7-6-17(25-19)11-23(2)10-16-12-24-20(22-16)14-4-3-5-15(21)9-14/h3-7,9,12-13,18H,8,10-11H2,1-2H3. The van der Waals surface area contributed by atoms with E-state index in [0.717, 1.165) is 23.1 Å². The number of rotatable bonds is 6. The maximum absolute atomic E-state index is 13.3. The third kappa shape index (κ3) is 3.66. The van der Waals surface area contributed by atoms with Crippen LogP contribution in [0.1, 0.15) is 36.5 Å². The van der Waals surface area contributed by atoms with Gasteiger partial charge in [0.05, 0.1) is 12.2 Å². The van der Waals surface area contributed by atoms with Gasteiger partial charge in [0, 0.05) is 18.0 Å². The van der Waals surface area contributed by atoms with Crippen molar-refractivity contribution >= 4 is 0 Å². The second-order valence-electron chi connectivity index (χ2n) is 6.95. The first kappa shape index (κ1) is 16.1. The lowest BCUT2D eigenvalue weighted by atomic mass is 10.2. The Balaban J connectivity index is 1.38. The molecule has 5 heteroatoms. The van der Waals surface area contributed by atoms with Crippen LogP contribution in [0.4, 0.5) is 4.39 Å². The van der Waals surface area contributed by atoms with E-state index in [1.807, 2.05) is 7.05 Å². The van der Waals surface area contributed by atoms with E-state index in [2.05, 4.69) is 28.9 Å². The quantitative estimate of drug-likeness (QED) is 0.644. The van der Waals surface area contributed by atoms with E-state index >= 15 is 0 Å². The summed E-state index contributed by atoms with van der Waals surface area (Å²) in [6.07, 6.45) is 2.85. The molecule has 0 aliphatic heterocycles. The van der Waals surface area contributed by atoms with Crippen LogP contribution in [0, 0.1) is 11.7 Å². The summed E-state index contributed by atoms with van der Waals surface area (Å²) in [4.78, 5) is 6.57. The summed E-state index contributed by atoms with van der Waals surface area (Å²) in [7, 11) is 2.01. The molecular weight excluding hydrogens is 319 g/mol. The maximum Gasteiger partial charge on any atom is 0.226 e. The highest BCUT2D eigenvalue weighted by molar-refractivity contribution is 5.52. The molecule has 0 bridgehead atoms. The number of halogens is 1. The van der Waals surface area contributed by atoms with Gasteiger partial charge in [0.1, 0.15) is 23.6 Å². The number of nitrogens with zero attached hydrogens (tertiary/aromatic N) is 2. The van der Waals surface area contributed by atoms with Crippen LogP contribution in [-0.2, 0) is 13.1 Å². The van der Waals surface area contributed by atoms with Crippen molar-refractivity contribution in [2.24, 2.45) is 5.92 Å². The van der Waals surface area contributed by atoms with Crippen molar-refractivity contribution in [1.82, 2.24) is 9.88 Å². The van der Waals surface area contributed by atoms with Crippen LogP contribution in [0.2, 0.25) is 0 Å². The predicted molar refractivity (Wildman–Crippen MR) is 92.3 cm³/mol. The molecular formula is C20H21FN2O2. The Morgan fingerprint density at radius 2 is 2.08 bits per heavy atom. The van der Waals surface area contributed by atoms with Crippen LogP contribution in [0.15, 0.2) is 51.5 Å². The molecule has 4 rings (SSSR count). The fourth-order valence-electron chi connectivity index (χ4n) is 3.13. The summed E-state index contributed by atoms with van der Waals surface area (Å²) in [6.45, 7) is 3.59. The first-order valence-corrected chi connectivity index (χ1v) is 8.56. The first-order valence-electron chi connectivity index (χ1n) is 8.56. The van der Waals surface area contributed by atoms with Gasteiger partial charge in [-0.05, 0) is 49.7 Å². The Morgan fingerprint density at radius 1 is 1.24 bits per heavy atom. The summed E-state index contributed by atoms with van der Waals surface area (Å²) in [5, 5.41) is 0. The minimum atomic E-state index is -0.298. The van der Waals surface area contributed by atoms with Crippen LogP contribution < -0.4 is 0 Å². The van der Waals surface area contributed by atoms with E-state index < -0.39 is 0 Å². The Bertz CT molecular complexity index is 870. The van der Waals surface area contributed by atoms with Crippen molar-refractivity contribution in [3.8, 4) is 11.5 Å². The van der Waals surface area contributed by atoms with Crippen molar-refractivity contribution in [3.05, 3.63) is 65.7 Å². The summed E-state index contributed by atoms with van der Waals surface area (Å²) in [6, 6.07) is 10.4. The van der Waals surface area contributed by atoms with Gasteiger partial charge in [-0.25, -0.2) is 9.37 Å². The average Bonchev–Trinajstić information content (AvgIpc) is 2.99. The Kier molecular flexibility index (Phi) is 4.17. The van der Waals surface area contributed by atoms with E-state index in [1.165, 1.54) is 18.6 Å². The fraction of sp³-hybridized carbons (Fsp3) is 0.350. The summed E-state index contributed by atoms with van der Waals surface area (Å²) >= 11 is 0. The van der Waals surface area contributed by atoms with Gasteiger partial charge in [0.25, 0.3) is 0 Å². The van der Waals surface area contributed by atoms with Gasteiger partial charge in [-0.2, -0.15) is 0 Å². The number of aromatic nitrogens is 1. The lowest BCUT2D eigenvalue weighted by Crippen LogP contribution is -2.17. The van der Waals surface area contributed by atoms with Crippen LogP contribution in [0.25, 0.3) is 11.5 Å². The van der Waals surface area contributed by atoms with Gasteiger partial charge in [0.15, 0.2) is 0 Å². The highest BCUT2D eigenvalue weighted by Crippen LogP contribution is 2.47. The predicted octanol–water partition coefficient (Wildman–Crippen LogP) is 4.83. The SMILES string of the molecule is CC1CC1c1ccc(CN(C)Cc2coc(-c3cccc(F)c3)n2)o1. The van der Waals surface area contributed by atoms with E-state index in [0.29, 0.717) is 30.5 Å². The maximum atomic E-state index is 13.3. The minimum Gasteiger partial charge on any atom is -0.464 e.